The Bertz CT molecular complexity index is 973. The Morgan fingerprint density at radius 3 is 2.61 bits per heavy atom. The predicted octanol–water partition coefficient (Wildman–Crippen LogP) is 4.32. The molecule has 0 saturated carbocycles. The highest BCUT2D eigenvalue weighted by molar-refractivity contribution is 7.21. The number of anilines is 1. The number of fused-ring (bicyclic) bond motifs is 1. The summed E-state index contributed by atoms with van der Waals surface area (Å²) in [5.41, 5.74) is 4.13. The van der Waals surface area contributed by atoms with Crippen LogP contribution in [0.2, 0.25) is 0 Å². The number of hydrogen-bond acceptors (Lipinski definition) is 5. The minimum Gasteiger partial charge on any atom is -0.373 e. The first-order chi connectivity index (χ1) is 13.5. The average molecular weight is 396 g/mol. The van der Waals surface area contributed by atoms with Crippen LogP contribution in [-0.4, -0.2) is 47.6 Å². The fourth-order valence-electron chi connectivity index (χ4n) is 3.67. The summed E-state index contributed by atoms with van der Waals surface area (Å²) in [7, 11) is 0. The molecule has 1 fully saturated rings. The second-order valence-corrected chi connectivity index (χ2v) is 8.60. The van der Waals surface area contributed by atoms with E-state index in [-0.39, 0.29) is 18.1 Å². The molecule has 3 aromatic rings. The number of benzene rings is 2. The molecule has 0 aliphatic carbocycles. The van der Waals surface area contributed by atoms with E-state index in [2.05, 4.69) is 35.3 Å². The first-order valence-corrected chi connectivity index (χ1v) is 10.4. The van der Waals surface area contributed by atoms with Crippen LogP contribution < -0.4 is 5.32 Å². The van der Waals surface area contributed by atoms with Gasteiger partial charge in [0.25, 0.3) is 0 Å². The van der Waals surface area contributed by atoms with Crippen molar-refractivity contribution in [1.29, 1.82) is 0 Å². The summed E-state index contributed by atoms with van der Waals surface area (Å²) < 4.78 is 6.92. The van der Waals surface area contributed by atoms with Gasteiger partial charge in [-0.3, -0.25) is 9.69 Å². The van der Waals surface area contributed by atoms with Crippen LogP contribution >= 0.6 is 11.3 Å². The molecule has 0 bridgehead atoms. The number of ether oxygens (including phenoxy) is 1. The van der Waals surface area contributed by atoms with E-state index in [1.54, 1.807) is 11.3 Å². The molecule has 2 atom stereocenters. The molecular weight excluding hydrogens is 370 g/mol. The maximum Gasteiger partial charge on any atom is 0.238 e. The highest BCUT2D eigenvalue weighted by Crippen LogP contribution is 2.31. The predicted molar refractivity (Wildman–Crippen MR) is 115 cm³/mol. The third kappa shape index (κ3) is 4.41. The average Bonchev–Trinajstić information content (AvgIpc) is 3.04. The summed E-state index contributed by atoms with van der Waals surface area (Å²) in [5, 5.41) is 3.99. The monoisotopic (exact) mass is 395 g/mol. The molecule has 2 unspecified atom stereocenters. The number of hydrogen-bond donors (Lipinski definition) is 1. The Hall–Kier alpha value is -2.28. The topological polar surface area (TPSA) is 54.5 Å². The van der Waals surface area contributed by atoms with Gasteiger partial charge in [0.05, 0.1) is 29.0 Å². The quantitative estimate of drug-likeness (QED) is 0.715. The largest absolute Gasteiger partial charge is 0.373 e. The molecule has 28 heavy (non-hydrogen) atoms. The van der Waals surface area contributed by atoms with Crippen LogP contribution in [0.1, 0.15) is 19.4 Å². The number of amides is 1. The van der Waals surface area contributed by atoms with Crippen molar-refractivity contribution in [2.45, 2.75) is 33.0 Å². The van der Waals surface area contributed by atoms with Gasteiger partial charge in [-0.2, -0.15) is 0 Å². The first kappa shape index (κ1) is 19.1. The number of nitrogens with zero attached hydrogens (tertiary/aromatic N) is 2. The van der Waals surface area contributed by atoms with Crippen LogP contribution in [0.25, 0.3) is 20.8 Å². The number of aryl methyl sites for hydroxylation is 1. The molecule has 4 rings (SSSR count). The van der Waals surface area contributed by atoms with Gasteiger partial charge in [0, 0.05) is 24.3 Å². The zero-order valence-corrected chi connectivity index (χ0v) is 17.3. The molecule has 1 aromatic heterocycles. The van der Waals surface area contributed by atoms with Gasteiger partial charge in [0.2, 0.25) is 5.91 Å². The highest BCUT2D eigenvalue weighted by atomic mass is 32.1. The molecule has 0 radical (unpaired) electrons. The van der Waals surface area contributed by atoms with Gasteiger partial charge >= 0.3 is 0 Å². The molecule has 1 aliphatic rings. The van der Waals surface area contributed by atoms with Crippen molar-refractivity contribution in [1.82, 2.24) is 9.88 Å². The Morgan fingerprint density at radius 2 is 1.89 bits per heavy atom. The molecule has 1 amide bonds. The molecule has 1 saturated heterocycles. The Kier molecular flexibility index (Phi) is 5.44. The fourth-order valence-corrected chi connectivity index (χ4v) is 4.74. The van der Waals surface area contributed by atoms with Crippen LogP contribution in [0.3, 0.4) is 0 Å². The maximum absolute atomic E-state index is 12.4. The lowest BCUT2D eigenvalue weighted by Gasteiger charge is -2.34. The van der Waals surface area contributed by atoms with Gasteiger partial charge in [0.1, 0.15) is 5.01 Å². The van der Waals surface area contributed by atoms with Crippen molar-refractivity contribution < 1.29 is 9.53 Å². The van der Waals surface area contributed by atoms with Crippen LogP contribution in [0.4, 0.5) is 5.69 Å². The SMILES string of the molecule is Cc1ccc2nc(-c3ccc(NC(=O)CN4CC(C)OC(C)C4)cc3)sc2c1. The summed E-state index contributed by atoms with van der Waals surface area (Å²) in [6, 6.07) is 14.2. The standard InChI is InChI=1S/C22H25N3O2S/c1-14-4-9-19-20(10-14)28-22(24-19)17-5-7-18(8-6-17)23-21(26)13-25-11-15(2)27-16(3)12-25/h4-10,15-16H,11-13H2,1-3H3,(H,23,26). The molecule has 1 N–H and O–H groups in total. The zero-order valence-electron chi connectivity index (χ0n) is 16.4. The van der Waals surface area contributed by atoms with Gasteiger partial charge in [-0.1, -0.05) is 6.07 Å². The minimum absolute atomic E-state index is 0.00418. The van der Waals surface area contributed by atoms with Crippen LogP contribution in [0.5, 0.6) is 0 Å². The fraction of sp³-hybridized carbons (Fsp3) is 0.364. The summed E-state index contributed by atoms with van der Waals surface area (Å²) in [6.07, 6.45) is 0.321. The Labute approximate surface area is 169 Å². The van der Waals surface area contributed by atoms with Gasteiger partial charge in [-0.15, -0.1) is 11.3 Å². The molecular formula is C22H25N3O2S. The number of nitrogens with one attached hydrogen (secondary N) is 1. The summed E-state index contributed by atoms with van der Waals surface area (Å²) in [5.74, 6) is 0.00418. The lowest BCUT2D eigenvalue weighted by Crippen LogP contribution is -2.48. The molecule has 5 nitrogen and oxygen atoms in total. The number of rotatable bonds is 4. The smallest absolute Gasteiger partial charge is 0.238 e. The van der Waals surface area contributed by atoms with Crippen molar-refractivity contribution in [3.8, 4) is 10.6 Å². The third-order valence-corrected chi connectivity index (χ3v) is 5.89. The Balaban J connectivity index is 1.40. The lowest BCUT2D eigenvalue weighted by atomic mass is 10.2. The Morgan fingerprint density at radius 1 is 1.18 bits per heavy atom. The number of carbonyl (C=O) groups excluding carboxylic acids is 1. The highest BCUT2D eigenvalue weighted by Gasteiger charge is 2.23. The second kappa shape index (κ2) is 7.99. The molecule has 2 heterocycles. The van der Waals surface area contributed by atoms with Crippen molar-refractivity contribution >= 4 is 33.1 Å². The van der Waals surface area contributed by atoms with Crippen molar-refractivity contribution in [3.05, 3.63) is 48.0 Å². The second-order valence-electron chi connectivity index (χ2n) is 7.57. The van der Waals surface area contributed by atoms with Gasteiger partial charge in [-0.25, -0.2) is 4.98 Å². The minimum atomic E-state index is 0.00418. The van der Waals surface area contributed by atoms with E-state index in [0.29, 0.717) is 6.54 Å². The number of aromatic nitrogens is 1. The van der Waals surface area contributed by atoms with E-state index >= 15 is 0 Å². The van der Waals surface area contributed by atoms with Crippen molar-refractivity contribution in [2.75, 3.05) is 25.0 Å². The molecule has 1 aliphatic heterocycles. The summed E-state index contributed by atoms with van der Waals surface area (Å²) in [4.78, 5) is 19.3. The first-order valence-electron chi connectivity index (χ1n) is 9.61. The molecule has 0 spiro atoms. The molecule has 146 valence electrons. The van der Waals surface area contributed by atoms with E-state index in [1.165, 1.54) is 10.3 Å². The van der Waals surface area contributed by atoms with Crippen LogP contribution in [-0.2, 0) is 9.53 Å². The van der Waals surface area contributed by atoms with E-state index in [4.69, 9.17) is 9.72 Å². The summed E-state index contributed by atoms with van der Waals surface area (Å²) >= 11 is 1.69. The van der Waals surface area contributed by atoms with Crippen molar-refractivity contribution in [2.24, 2.45) is 0 Å². The number of morpholine rings is 1. The van der Waals surface area contributed by atoms with Gasteiger partial charge in [0.15, 0.2) is 0 Å². The van der Waals surface area contributed by atoms with Crippen molar-refractivity contribution in [3.63, 3.8) is 0 Å². The van der Waals surface area contributed by atoms with Gasteiger partial charge < -0.3 is 10.1 Å². The van der Waals surface area contributed by atoms with Crippen LogP contribution in [0.15, 0.2) is 42.5 Å². The zero-order chi connectivity index (χ0) is 19.7. The lowest BCUT2D eigenvalue weighted by molar-refractivity contribution is -0.121. The molecule has 6 heteroatoms. The number of carbonyl (C=O) groups is 1. The van der Waals surface area contributed by atoms with E-state index in [1.807, 2.05) is 38.1 Å². The van der Waals surface area contributed by atoms with E-state index < -0.39 is 0 Å². The third-order valence-electron chi connectivity index (χ3n) is 4.82. The van der Waals surface area contributed by atoms with Gasteiger partial charge in [-0.05, 0) is 62.7 Å². The molecule has 2 aromatic carbocycles. The normalized spacial score (nSPS) is 20.4. The summed E-state index contributed by atoms with van der Waals surface area (Å²) in [6.45, 7) is 8.14. The van der Waals surface area contributed by atoms with E-state index in [9.17, 15) is 4.79 Å². The maximum atomic E-state index is 12.4. The van der Waals surface area contributed by atoms with Crippen LogP contribution in [0, 0.1) is 6.92 Å². The van der Waals surface area contributed by atoms with E-state index in [0.717, 1.165) is 34.9 Å². The number of thiazole rings is 1.